The first-order valence-corrected chi connectivity index (χ1v) is 12.6. The Balaban J connectivity index is 1.35. The molecule has 1 amide bonds. The Bertz CT molecular complexity index is 1190. The van der Waals surface area contributed by atoms with E-state index in [0.717, 1.165) is 4.90 Å². The van der Waals surface area contributed by atoms with Crippen LogP contribution < -0.4 is 5.32 Å². The van der Waals surface area contributed by atoms with E-state index in [2.05, 4.69) is 15.5 Å². The molecule has 0 bridgehead atoms. The molecule has 2 aromatic carbocycles. The molecule has 2 heterocycles. The van der Waals surface area contributed by atoms with Gasteiger partial charge < -0.3 is 4.42 Å². The van der Waals surface area contributed by atoms with Crippen molar-refractivity contribution in [2.45, 2.75) is 22.6 Å². The van der Waals surface area contributed by atoms with Crippen LogP contribution in [0.25, 0.3) is 11.5 Å². The second-order valence-electron chi connectivity index (χ2n) is 7.26. The first-order chi connectivity index (χ1) is 15.4. The van der Waals surface area contributed by atoms with Gasteiger partial charge in [0.15, 0.2) is 0 Å². The van der Waals surface area contributed by atoms with Crippen LogP contribution in [0.4, 0.5) is 10.4 Å². The summed E-state index contributed by atoms with van der Waals surface area (Å²) in [5.41, 5.74) is 0.531. The molecule has 1 aliphatic rings. The lowest BCUT2D eigenvalue weighted by molar-refractivity contribution is -0.121. The number of sulfonamides is 1. The highest BCUT2D eigenvalue weighted by Crippen LogP contribution is 2.27. The average Bonchev–Trinajstić information content (AvgIpc) is 3.28. The monoisotopic (exact) mass is 476 g/mol. The molecule has 0 atom stereocenters. The minimum absolute atomic E-state index is 0.0572. The molecular formula is C21H21FN4O4S2. The van der Waals surface area contributed by atoms with Gasteiger partial charge in [-0.25, -0.2) is 12.8 Å². The Labute approximate surface area is 189 Å². The minimum atomic E-state index is -3.60. The second kappa shape index (κ2) is 9.39. The van der Waals surface area contributed by atoms with Crippen molar-refractivity contribution in [3.05, 3.63) is 54.3 Å². The maximum atomic E-state index is 13.0. The third kappa shape index (κ3) is 4.84. The zero-order chi connectivity index (χ0) is 22.7. The summed E-state index contributed by atoms with van der Waals surface area (Å²) in [5, 5.41) is 10.3. The zero-order valence-corrected chi connectivity index (χ0v) is 18.8. The molecule has 1 aromatic heterocycles. The minimum Gasteiger partial charge on any atom is -0.403 e. The molecule has 0 spiro atoms. The van der Waals surface area contributed by atoms with E-state index in [1.807, 2.05) is 6.26 Å². The zero-order valence-electron chi connectivity index (χ0n) is 17.2. The molecule has 1 aliphatic heterocycles. The highest BCUT2D eigenvalue weighted by atomic mass is 32.2. The molecule has 11 heteroatoms. The predicted octanol–water partition coefficient (Wildman–Crippen LogP) is 3.64. The fourth-order valence-corrected chi connectivity index (χ4v) is 5.32. The lowest BCUT2D eigenvalue weighted by Gasteiger charge is -2.30. The molecule has 32 heavy (non-hydrogen) atoms. The van der Waals surface area contributed by atoms with Gasteiger partial charge in [-0.3, -0.25) is 10.1 Å². The maximum absolute atomic E-state index is 13.0. The number of anilines is 1. The molecule has 1 N–H and O–H groups in total. The Morgan fingerprint density at radius 1 is 1.09 bits per heavy atom. The molecule has 168 valence electrons. The highest BCUT2D eigenvalue weighted by Gasteiger charge is 2.32. The van der Waals surface area contributed by atoms with Crippen molar-refractivity contribution in [2.24, 2.45) is 5.92 Å². The number of halogens is 1. The van der Waals surface area contributed by atoms with Gasteiger partial charge in [0, 0.05) is 29.5 Å². The van der Waals surface area contributed by atoms with Gasteiger partial charge in [-0.05, 0) is 67.6 Å². The van der Waals surface area contributed by atoms with Crippen molar-refractivity contribution in [3.63, 3.8) is 0 Å². The van der Waals surface area contributed by atoms with Crippen molar-refractivity contribution in [1.29, 1.82) is 0 Å². The number of nitrogens with zero attached hydrogens (tertiary/aromatic N) is 3. The first kappa shape index (κ1) is 22.4. The van der Waals surface area contributed by atoms with Gasteiger partial charge in [0.2, 0.25) is 21.8 Å². The van der Waals surface area contributed by atoms with Crippen molar-refractivity contribution in [1.82, 2.24) is 14.5 Å². The summed E-state index contributed by atoms with van der Waals surface area (Å²) >= 11 is 1.54. The van der Waals surface area contributed by atoms with E-state index in [-0.39, 0.29) is 47.5 Å². The number of carbonyl (C=O) groups excluding carboxylic acids is 1. The number of benzene rings is 2. The third-order valence-electron chi connectivity index (χ3n) is 5.27. The third-order valence-corrected chi connectivity index (χ3v) is 7.92. The molecule has 1 fully saturated rings. The molecule has 0 unspecified atom stereocenters. The predicted molar refractivity (Wildman–Crippen MR) is 118 cm³/mol. The van der Waals surface area contributed by atoms with Crippen LogP contribution in [-0.4, -0.2) is 48.2 Å². The van der Waals surface area contributed by atoms with Gasteiger partial charge in [0.05, 0.1) is 4.90 Å². The Morgan fingerprint density at radius 2 is 1.75 bits per heavy atom. The lowest BCUT2D eigenvalue weighted by atomic mass is 9.97. The van der Waals surface area contributed by atoms with Crippen molar-refractivity contribution in [3.8, 4) is 11.5 Å². The Morgan fingerprint density at radius 3 is 2.38 bits per heavy atom. The molecule has 0 saturated carbocycles. The van der Waals surface area contributed by atoms with Gasteiger partial charge in [-0.1, -0.05) is 5.10 Å². The quantitative estimate of drug-likeness (QED) is 0.542. The molecule has 8 nitrogen and oxygen atoms in total. The summed E-state index contributed by atoms with van der Waals surface area (Å²) in [6, 6.07) is 12.3. The standard InChI is InChI=1S/C21H21FN4O4S2/c1-31-17-6-8-18(9-7-17)32(28,29)26-12-10-14(11-13-26)19(27)23-21-25-24-20(30-21)15-2-4-16(22)5-3-15/h2-9,14H,10-13H2,1H3,(H,23,25,27). The molecule has 3 aromatic rings. The molecule has 0 radical (unpaired) electrons. The molecule has 0 aliphatic carbocycles. The summed E-state index contributed by atoms with van der Waals surface area (Å²) in [6.07, 6.45) is 2.69. The molecular weight excluding hydrogens is 455 g/mol. The topological polar surface area (TPSA) is 105 Å². The summed E-state index contributed by atoms with van der Waals surface area (Å²) in [4.78, 5) is 13.8. The summed E-state index contributed by atoms with van der Waals surface area (Å²) < 4.78 is 45.6. The Hall–Kier alpha value is -2.76. The van der Waals surface area contributed by atoms with E-state index in [1.54, 1.807) is 36.0 Å². The average molecular weight is 477 g/mol. The number of carbonyl (C=O) groups is 1. The number of nitrogens with one attached hydrogen (secondary N) is 1. The maximum Gasteiger partial charge on any atom is 0.322 e. The number of thioether (sulfide) groups is 1. The largest absolute Gasteiger partial charge is 0.403 e. The van der Waals surface area contributed by atoms with Gasteiger partial charge in [0.1, 0.15) is 5.82 Å². The normalized spacial score (nSPS) is 15.6. The highest BCUT2D eigenvalue weighted by molar-refractivity contribution is 7.98. The van der Waals surface area contributed by atoms with Crippen LogP contribution in [0.2, 0.25) is 0 Å². The van der Waals surface area contributed by atoms with E-state index in [4.69, 9.17) is 4.42 Å². The number of amides is 1. The summed E-state index contributed by atoms with van der Waals surface area (Å²) in [7, 11) is -3.60. The van der Waals surface area contributed by atoms with Crippen LogP contribution in [0.15, 0.2) is 62.7 Å². The van der Waals surface area contributed by atoms with Gasteiger partial charge >= 0.3 is 6.01 Å². The Kier molecular flexibility index (Phi) is 6.58. The van der Waals surface area contributed by atoms with Crippen molar-refractivity contribution >= 4 is 33.7 Å². The summed E-state index contributed by atoms with van der Waals surface area (Å²) in [6.45, 7) is 0.491. The first-order valence-electron chi connectivity index (χ1n) is 9.91. The van der Waals surface area contributed by atoms with E-state index in [1.165, 1.54) is 28.6 Å². The van der Waals surface area contributed by atoms with Crippen LogP contribution in [-0.2, 0) is 14.8 Å². The van der Waals surface area contributed by atoms with Gasteiger partial charge in [-0.2, -0.15) is 4.31 Å². The number of rotatable bonds is 6. The smallest absolute Gasteiger partial charge is 0.322 e. The van der Waals surface area contributed by atoms with Gasteiger partial charge in [-0.15, -0.1) is 16.9 Å². The van der Waals surface area contributed by atoms with Crippen LogP contribution in [0.5, 0.6) is 0 Å². The van der Waals surface area contributed by atoms with E-state index in [0.29, 0.717) is 18.4 Å². The van der Waals surface area contributed by atoms with E-state index < -0.39 is 10.0 Å². The fourth-order valence-electron chi connectivity index (χ4n) is 3.45. The van der Waals surface area contributed by atoms with Crippen LogP contribution in [0.1, 0.15) is 12.8 Å². The molecule has 1 saturated heterocycles. The summed E-state index contributed by atoms with van der Waals surface area (Å²) in [5.74, 6) is -0.900. The van der Waals surface area contributed by atoms with Crippen LogP contribution in [0, 0.1) is 11.7 Å². The SMILES string of the molecule is CSc1ccc(S(=O)(=O)N2CCC(C(=O)Nc3nnc(-c4ccc(F)cc4)o3)CC2)cc1. The van der Waals surface area contributed by atoms with Crippen molar-refractivity contribution in [2.75, 3.05) is 24.7 Å². The number of hydrogen-bond donors (Lipinski definition) is 1. The van der Waals surface area contributed by atoms with E-state index >= 15 is 0 Å². The van der Waals surface area contributed by atoms with Crippen LogP contribution >= 0.6 is 11.8 Å². The fraction of sp³-hybridized carbons (Fsp3) is 0.286. The van der Waals surface area contributed by atoms with Gasteiger partial charge in [0.25, 0.3) is 0 Å². The second-order valence-corrected chi connectivity index (χ2v) is 10.1. The molecule has 4 rings (SSSR count). The lowest BCUT2D eigenvalue weighted by Crippen LogP contribution is -2.41. The number of hydrogen-bond acceptors (Lipinski definition) is 7. The number of piperidine rings is 1. The number of aromatic nitrogens is 2. The van der Waals surface area contributed by atoms with E-state index in [9.17, 15) is 17.6 Å². The van der Waals surface area contributed by atoms with Crippen molar-refractivity contribution < 1.29 is 22.0 Å². The van der Waals surface area contributed by atoms with Crippen LogP contribution in [0.3, 0.4) is 0 Å².